The van der Waals surface area contributed by atoms with E-state index < -0.39 is 0 Å². The molecule has 1 amide bonds. The van der Waals surface area contributed by atoms with E-state index in [2.05, 4.69) is 5.16 Å². The summed E-state index contributed by atoms with van der Waals surface area (Å²) in [7, 11) is 0. The highest BCUT2D eigenvalue weighted by atomic mass is 16.5. The van der Waals surface area contributed by atoms with Crippen LogP contribution in [0.25, 0.3) is 0 Å². The standard InChI is InChI=1S/C19H20N4O3/c1-14-18(15(2)26-22-14)13-25-17-7-3-6-16(12-17)19(24)23(10-4-8-20)11-5-9-21/h3,6-7,12H,4-5,10-11,13H2,1-2H3. The molecule has 7 heteroatoms. The predicted octanol–water partition coefficient (Wildman–Crippen LogP) is 3.14. The van der Waals surface area contributed by atoms with Crippen molar-refractivity contribution in [2.75, 3.05) is 13.1 Å². The van der Waals surface area contributed by atoms with E-state index in [9.17, 15) is 4.79 Å². The van der Waals surface area contributed by atoms with Crippen LogP contribution in [-0.2, 0) is 6.61 Å². The summed E-state index contributed by atoms with van der Waals surface area (Å²) < 4.78 is 10.9. The number of aromatic nitrogens is 1. The van der Waals surface area contributed by atoms with Crippen molar-refractivity contribution in [2.24, 2.45) is 0 Å². The zero-order chi connectivity index (χ0) is 18.9. The van der Waals surface area contributed by atoms with E-state index in [4.69, 9.17) is 19.8 Å². The molecule has 2 rings (SSSR count). The number of benzene rings is 1. The minimum absolute atomic E-state index is 0.222. The molecule has 0 spiro atoms. The first-order valence-electron chi connectivity index (χ1n) is 8.24. The molecule has 0 N–H and O–H groups in total. The Labute approximate surface area is 152 Å². The molecule has 1 heterocycles. The maximum Gasteiger partial charge on any atom is 0.254 e. The molecule has 0 atom stereocenters. The third kappa shape index (κ3) is 4.84. The van der Waals surface area contributed by atoms with E-state index in [0.29, 0.717) is 36.8 Å². The molecule has 0 aliphatic rings. The van der Waals surface area contributed by atoms with Crippen LogP contribution in [0.5, 0.6) is 5.75 Å². The van der Waals surface area contributed by atoms with Crippen molar-refractivity contribution < 1.29 is 14.1 Å². The molecule has 0 saturated carbocycles. The number of amides is 1. The van der Waals surface area contributed by atoms with Crippen molar-refractivity contribution in [3.8, 4) is 17.9 Å². The zero-order valence-corrected chi connectivity index (χ0v) is 14.9. The van der Waals surface area contributed by atoms with Crippen LogP contribution in [0, 0.1) is 36.5 Å². The van der Waals surface area contributed by atoms with Crippen LogP contribution in [0.15, 0.2) is 28.8 Å². The Balaban J connectivity index is 2.10. The highest BCUT2D eigenvalue weighted by molar-refractivity contribution is 5.94. The lowest BCUT2D eigenvalue weighted by atomic mass is 10.1. The average molecular weight is 352 g/mol. The molecule has 0 unspecified atom stereocenters. The Hall–Kier alpha value is -3.32. The zero-order valence-electron chi connectivity index (χ0n) is 14.9. The number of carbonyl (C=O) groups is 1. The van der Waals surface area contributed by atoms with Crippen molar-refractivity contribution >= 4 is 5.91 Å². The monoisotopic (exact) mass is 352 g/mol. The molecule has 1 aromatic carbocycles. The first-order chi connectivity index (χ1) is 12.6. The molecule has 0 aliphatic carbocycles. The van der Waals surface area contributed by atoms with Gasteiger partial charge in [0.2, 0.25) is 0 Å². The van der Waals surface area contributed by atoms with Gasteiger partial charge in [-0.15, -0.1) is 0 Å². The normalized spacial score (nSPS) is 10.0. The largest absolute Gasteiger partial charge is 0.489 e. The molecular weight excluding hydrogens is 332 g/mol. The number of nitriles is 2. The van der Waals surface area contributed by atoms with Crippen molar-refractivity contribution in [1.29, 1.82) is 10.5 Å². The maximum atomic E-state index is 12.7. The summed E-state index contributed by atoms with van der Waals surface area (Å²) in [6.45, 7) is 4.55. The van der Waals surface area contributed by atoms with E-state index >= 15 is 0 Å². The Morgan fingerprint density at radius 3 is 2.50 bits per heavy atom. The van der Waals surface area contributed by atoms with Crippen LogP contribution in [0.1, 0.15) is 40.2 Å². The predicted molar refractivity (Wildman–Crippen MR) is 93.1 cm³/mol. The lowest BCUT2D eigenvalue weighted by Crippen LogP contribution is -2.32. The number of rotatable bonds is 8. The minimum atomic E-state index is -0.224. The van der Waals surface area contributed by atoms with E-state index in [0.717, 1.165) is 11.3 Å². The van der Waals surface area contributed by atoms with E-state index in [1.807, 2.05) is 26.0 Å². The summed E-state index contributed by atoms with van der Waals surface area (Å²) in [5.74, 6) is 1.03. The number of hydrogen-bond acceptors (Lipinski definition) is 6. The van der Waals surface area contributed by atoms with Crippen LogP contribution in [-0.4, -0.2) is 29.1 Å². The van der Waals surface area contributed by atoms with Crippen LogP contribution in [0.2, 0.25) is 0 Å². The van der Waals surface area contributed by atoms with Gasteiger partial charge in [0.1, 0.15) is 18.1 Å². The second kappa shape index (κ2) is 9.24. The molecule has 7 nitrogen and oxygen atoms in total. The summed E-state index contributed by atoms with van der Waals surface area (Å²) >= 11 is 0. The summed E-state index contributed by atoms with van der Waals surface area (Å²) in [6.07, 6.45) is 0.443. The highest BCUT2D eigenvalue weighted by Crippen LogP contribution is 2.19. The topological polar surface area (TPSA) is 103 Å². The Kier molecular flexibility index (Phi) is 6.75. The lowest BCUT2D eigenvalue weighted by Gasteiger charge is -2.20. The Bertz CT molecular complexity index is 808. The Morgan fingerprint density at radius 1 is 1.23 bits per heavy atom. The minimum Gasteiger partial charge on any atom is -0.489 e. The summed E-state index contributed by atoms with van der Waals surface area (Å²) in [6, 6.07) is 10.9. The fourth-order valence-corrected chi connectivity index (χ4v) is 2.45. The van der Waals surface area contributed by atoms with E-state index in [1.54, 1.807) is 24.3 Å². The molecule has 134 valence electrons. The van der Waals surface area contributed by atoms with Gasteiger partial charge in [-0.1, -0.05) is 11.2 Å². The van der Waals surface area contributed by atoms with Crippen LogP contribution in [0.4, 0.5) is 0 Å². The van der Waals surface area contributed by atoms with Gasteiger partial charge in [-0.2, -0.15) is 10.5 Å². The van der Waals surface area contributed by atoms with Crippen molar-refractivity contribution in [3.05, 3.63) is 46.8 Å². The molecule has 0 bridgehead atoms. The van der Waals surface area contributed by atoms with Crippen LogP contribution in [0.3, 0.4) is 0 Å². The highest BCUT2D eigenvalue weighted by Gasteiger charge is 2.16. The molecule has 0 saturated heterocycles. The van der Waals surface area contributed by atoms with Crippen LogP contribution >= 0.6 is 0 Å². The summed E-state index contributed by atoms with van der Waals surface area (Å²) in [5.41, 5.74) is 2.11. The number of nitrogens with zero attached hydrogens (tertiary/aromatic N) is 4. The average Bonchev–Trinajstić information content (AvgIpc) is 2.97. The van der Waals surface area contributed by atoms with Gasteiger partial charge < -0.3 is 14.2 Å². The van der Waals surface area contributed by atoms with Gasteiger partial charge in [0.15, 0.2) is 0 Å². The number of ether oxygens (including phenoxy) is 1. The smallest absolute Gasteiger partial charge is 0.254 e. The third-order valence-electron chi connectivity index (χ3n) is 3.92. The van der Waals surface area contributed by atoms with Gasteiger partial charge in [-0.05, 0) is 32.0 Å². The second-order valence-electron chi connectivity index (χ2n) is 5.73. The SMILES string of the molecule is Cc1noc(C)c1COc1cccc(C(=O)N(CCC#N)CCC#N)c1. The fraction of sp³-hybridized carbons (Fsp3) is 0.368. The number of carbonyl (C=O) groups excluding carboxylic acids is 1. The summed E-state index contributed by atoms with van der Waals surface area (Å²) in [5, 5.41) is 21.4. The maximum absolute atomic E-state index is 12.7. The third-order valence-corrected chi connectivity index (χ3v) is 3.92. The summed E-state index contributed by atoms with van der Waals surface area (Å²) in [4.78, 5) is 14.2. The van der Waals surface area contributed by atoms with Gasteiger partial charge in [0.05, 0.1) is 36.2 Å². The van der Waals surface area contributed by atoms with Crippen molar-refractivity contribution in [1.82, 2.24) is 10.1 Å². The van der Waals surface area contributed by atoms with E-state index in [1.165, 1.54) is 4.90 Å². The van der Waals surface area contributed by atoms with Crippen molar-refractivity contribution in [2.45, 2.75) is 33.3 Å². The van der Waals surface area contributed by atoms with Crippen molar-refractivity contribution in [3.63, 3.8) is 0 Å². The lowest BCUT2D eigenvalue weighted by molar-refractivity contribution is 0.0762. The van der Waals surface area contributed by atoms with Gasteiger partial charge in [0, 0.05) is 18.7 Å². The first-order valence-corrected chi connectivity index (χ1v) is 8.24. The van der Waals surface area contributed by atoms with Gasteiger partial charge in [-0.3, -0.25) is 4.79 Å². The fourth-order valence-electron chi connectivity index (χ4n) is 2.45. The second-order valence-corrected chi connectivity index (χ2v) is 5.73. The van der Waals surface area contributed by atoms with Gasteiger partial charge >= 0.3 is 0 Å². The Morgan fingerprint density at radius 2 is 1.92 bits per heavy atom. The van der Waals surface area contributed by atoms with E-state index in [-0.39, 0.29) is 18.7 Å². The molecule has 0 radical (unpaired) electrons. The molecule has 2 aromatic rings. The molecule has 0 aliphatic heterocycles. The van der Waals surface area contributed by atoms with Gasteiger partial charge in [0.25, 0.3) is 5.91 Å². The molecule has 26 heavy (non-hydrogen) atoms. The number of hydrogen-bond donors (Lipinski definition) is 0. The van der Waals surface area contributed by atoms with Crippen LogP contribution < -0.4 is 4.74 Å². The van der Waals surface area contributed by atoms with Gasteiger partial charge in [-0.25, -0.2) is 0 Å². The quantitative estimate of drug-likeness (QED) is 0.723. The molecular formula is C19H20N4O3. The first kappa shape index (κ1) is 19.0. The molecule has 0 fully saturated rings. The number of aryl methyl sites for hydroxylation is 2. The molecule has 1 aromatic heterocycles.